The van der Waals surface area contributed by atoms with Crippen molar-refractivity contribution >= 4 is 29.3 Å². The first-order valence-corrected chi connectivity index (χ1v) is 8.50. The van der Waals surface area contributed by atoms with Crippen molar-refractivity contribution in [3.63, 3.8) is 0 Å². The van der Waals surface area contributed by atoms with Crippen LogP contribution in [0.4, 0.5) is 18.9 Å². The van der Waals surface area contributed by atoms with Crippen LogP contribution in [0.3, 0.4) is 0 Å². The molecule has 0 saturated carbocycles. The lowest BCUT2D eigenvalue weighted by molar-refractivity contribution is -0.122. The molecule has 0 aliphatic carbocycles. The Bertz CT molecular complexity index is 813. The Morgan fingerprint density at radius 1 is 1.19 bits per heavy atom. The van der Waals surface area contributed by atoms with Crippen molar-refractivity contribution in [1.82, 2.24) is 20.1 Å². The number of benzene rings is 1. The summed E-state index contributed by atoms with van der Waals surface area (Å²) >= 11 is 1.15. The molecular weight excluding hydrogens is 371 g/mol. The van der Waals surface area contributed by atoms with Crippen molar-refractivity contribution < 1.29 is 22.8 Å². The third kappa shape index (κ3) is 4.97. The molecule has 11 heteroatoms. The summed E-state index contributed by atoms with van der Waals surface area (Å²) in [6, 6.07) is 1.71. The Balaban J connectivity index is 1.81. The van der Waals surface area contributed by atoms with Gasteiger partial charge in [-0.05, 0) is 26.0 Å². The minimum absolute atomic E-state index is 0.00176. The van der Waals surface area contributed by atoms with Crippen molar-refractivity contribution in [2.45, 2.75) is 25.0 Å². The zero-order valence-electron chi connectivity index (χ0n) is 13.9. The van der Waals surface area contributed by atoms with Gasteiger partial charge in [0.15, 0.2) is 22.6 Å². The molecule has 0 unspecified atom stereocenters. The summed E-state index contributed by atoms with van der Waals surface area (Å²) in [5.41, 5.74) is -0.512. The molecule has 1 aromatic carbocycles. The van der Waals surface area contributed by atoms with Gasteiger partial charge in [0.2, 0.25) is 11.8 Å². The highest BCUT2D eigenvalue weighted by Gasteiger charge is 2.16. The quantitative estimate of drug-likeness (QED) is 0.561. The topological polar surface area (TPSA) is 88.9 Å². The summed E-state index contributed by atoms with van der Waals surface area (Å²) in [5, 5.41) is 12.6. The Hall–Kier alpha value is -2.56. The van der Waals surface area contributed by atoms with Crippen molar-refractivity contribution in [2.24, 2.45) is 0 Å². The lowest BCUT2D eigenvalue weighted by Crippen LogP contribution is -2.34. The van der Waals surface area contributed by atoms with Crippen molar-refractivity contribution in [1.29, 1.82) is 0 Å². The van der Waals surface area contributed by atoms with E-state index in [0.717, 1.165) is 17.8 Å². The molecule has 0 radical (unpaired) electrons. The molecule has 0 saturated heterocycles. The van der Waals surface area contributed by atoms with Crippen LogP contribution < -0.4 is 10.6 Å². The second kappa shape index (κ2) is 8.70. The molecule has 1 aromatic heterocycles. The Morgan fingerprint density at radius 2 is 1.92 bits per heavy atom. The van der Waals surface area contributed by atoms with Crippen LogP contribution in [-0.4, -0.2) is 38.9 Å². The number of amides is 2. The van der Waals surface area contributed by atoms with E-state index in [-0.39, 0.29) is 11.8 Å². The fourth-order valence-electron chi connectivity index (χ4n) is 1.87. The van der Waals surface area contributed by atoms with E-state index in [9.17, 15) is 22.8 Å². The highest BCUT2D eigenvalue weighted by Crippen LogP contribution is 2.20. The van der Waals surface area contributed by atoms with Gasteiger partial charge in [0.05, 0.1) is 18.0 Å². The molecule has 7 nitrogen and oxygen atoms in total. The molecule has 26 heavy (non-hydrogen) atoms. The van der Waals surface area contributed by atoms with E-state index in [2.05, 4.69) is 20.8 Å². The number of thioether (sulfide) groups is 1. The zero-order chi connectivity index (χ0) is 19.3. The number of rotatable bonds is 7. The van der Waals surface area contributed by atoms with Gasteiger partial charge < -0.3 is 15.2 Å². The maximum atomic E-state index is 13.5. The van der Waals surface area contributed by atoms with Crippen LogP contribution in [0, 0.1) is 17.5 Å². The number of nitrogens with one attached hydrogen (secondary N) is 2. The average Bonchev–Trinajstić information content (AvgIpc) is 3.07. The number of nitrogens with zero attached hydrogens (tertiary/aromatic N) is 3. The molecule has 0 atom stereocenters. The first kappa shape index (κ1) is 19.8. The number of hydrogen-bond donors (Lipinski definition) is 2. The Labute approximate surface area is 151 Å². The maximum absolute atomic E-state index is 13.5. The molecule has 2 N–H and O–H groups in total. The van der Waals surface area contributed by atoms with Crippen LogP contribution in [0.5, 0.6) is 0 Å². The number of halogens is 3. The first-order chi connectivity index (χ1) is 12.3. The van der Waals surface area contributed by atoms with E-state index in [4.69, 9.17) is 0 Å². The zero-order valence-corrected chi connectivity index (χ0v) is 14.7. The summed E-state index contributed by atoms with van der Waals surface area (Å²) in [5.74, 6) is -5.78. The Kier molecular flexibility index (Phi) is 6.61. The SMILES string of the molecule is CC(C)n1cnnc1SCC(=O)NCC(=O)Nc1ccc(F)c(F)c1F. The molecular formula is C15H16F3N5O2S. The van der Waals surface area contributed by atoms with Crippen molar-refractivity contribution in [3.8, 4) is 0 Å². The van der Waals surface area contributed by atoms with E-state index in [1.807, 2.05) is 13.8 Å². The van der Waals surface area contributed by atoms with Crippen LogP contribution in [-0.2, 0) is 9.59 Å². The summed E-state index contributed by atoms with van der Waals surface area (Å²) in [7, 11) is 0. The van der Waals surface area contributed by atoms with E-state index in [0.29, 0.717) is 11.2 Å². The minimum atomic E-state index is -1.68. The highest BCUT2D eigenvalue weighted by atomic mass is 32.2. The van der Waals surface area contributed by atoms with Gasteiger partial charge in [-0.2, -0.15) is 0 Å². The molecule has 0 spiro atoms. The predicted molar refractivity (Wildman–Crippen MR) is 89.1 cm³/mol. The van der Waals surface area contributed by atoms with Crippen molar-refractivity contribution in [3.05, 3.63) is 35.9 Å². The van der Waals surface area contributed by atoms with Gasteiger partial charge in [-0.3, -0.25) is 9.59 Å². The molecule has 1 heterocycles. The van der Waals surface area contributed by atoms with Gasteiger partial charge in [0.1, 0.15) is 6.33 Å². The molecule has 0 aliphatic rings. The van der Waals surface area contributed by atoms with Gasteiger partial charge >= 0.3 is 0 Å². The van der Waals surface area contributed by atoms with Gasteiger partial charge in [-0.25, -0.2) is 13.2 Å². The maximum Gasteiger partial charge on any atom is 0.243 e. The standard InChI is InChI=1S/C15H16F3N5O2S/c1-8(2)23-7-20-22-15(23)26-6-12(25)19-5-11(24)21-10-4-3-9(16)13(17)14(10)18/h3-4,7-8H,5-6H2,1-2H3,(H,19,25)(H,21,24). The highest BCUT2D eigenvalue weighted by molar-refractivity contribution is 7.99. The van der Waals surface area contributed by atoms with E-state index < -0.39 is 41.5 Å². The molecule has 2 amide bonds. The summed E-state index contributed by atoms with van der Waals surface area (Å²) in [6.45, 7) is 3.43. The molecule has 0 bridgehead atoms. The Morgan fingerprint density at radius 3 is 2.62 bits per heavy atom. The number of carbonyl (C=O) groups excluding carboxylic acids is 2. The van der Waals surface area contributed by atoms with Crippen LogP contribution >= 0.6 is 11.8 Å². The fourth-order valence-corrected chi connectivity index (χ4v) is 2.74. The number of hydrogen-bond acceptors (Lipinski definition) is 5. The van der Waals surface area contributed by atoms with Gasteiger partial charge in [-0.1, -0.05) is 11.8 Å². The van der Waals surface area contributed by atoms with Crippen molar-refractivity contribution in [2.75, 3.05) is 17.6 Å². The molecule has 2 rings (SSSR count). The molecule has 0 fully saturated rings. The first-order valence-electron chi connectivity index (χ1n) is 7.52. The summed E-state index contributed by atoms with van der Waals surface area (Å²) in [4.78, 5) is 23.5. The normalized spacial score (nSPS) is 10.8. The van der Waals surface area contributed by atoms with E-state index in [1.54, 1.807) is 10.9 Å². The third-order valence-corrected chi connectivity index (χ3v) is 4.14. The molecule has 0 aliphatic heterocycles. The number of carbonyl (C=O) groups is 2. The number of aromatic nitrogens is 3. The van der Waals surface area contributed by atoms with Crippen LogP contribution in [0.1, 0.15) is 19.9 Å². The second-order valence-corrected chi connectivity index (χ2v) is 6.39. The monoisotopic (exact) mass is 387 g/mol. The van der Waals surface area contributed by atoms with E-state index >= 15 is 0 Å². The predicted octanol–water partition coefficient (Wildman–Crippen LogP) is 2.12. The molecule has 140 valence electrons. The third-order valence-electron chi connectivity index (χ3n) is 3.18. The lowest BCUT2D eigenvalue weighted by atomic mass is 10.2. The van der Waals surface area contributed by atoms with E-state index in [1.165, 1.54) is 0 Å². The summed E-state index contributed by atoms with van der Waals surface area (Å²) in [6.07, 6.45) is 1.55. The van der Waals surface area contributed by atoms with Crippen LogP contribution in [0.15, 0.2) is 23.6 Å². The average molecular weight is 387 g/mol. The van der Waals surface area contributed by atoms with Gasteiger partial charge in [-0.15, -0.1) is 10.2 Å². The van der Waals surface area contributed by atoms with Gasteiger partial charge in [0.25, 0.3) is 0 Å². The molecule has 2 aromatic rings. The lowest BCUT2D eigenvalue weighted by Gasteiger charge is -2.10. The van der Waals surface area contributed by atoms with Gasteiger partial charge in [0, 0.05) is 6.04 Å². The fraction of sp³-hybridized carbons (Fsp3) is 0.333. The van der Waals surface area contributed by atoms with Crippen LogP contribution in [0.2, 0.25) is 0 Å². The summed E-state index contributed by atoms with van der Waals surface area (Å²) < 4.78 is 41.2. The largest absolute Gasteiger partial charge is 0.346 e. The smallest absolute Gasteiger partial charge is 0.243 e. The second-order valence-electron chi connectivity index (χ2n) is 5.45. The van der Waals surface area contributed by atoms with Crippen LogP contribution in [0.25, 0.3) is 0 Å². The minimum Gasteiger partial charge on any atom is -0.346 e. The number of anilines is 1.